The van der Waals surface area contributed by atoms with Crippen molar-refractivity contribution in [1.29, 1.82) is 0 Å². The minimum absolute atomic E-state index is 0. The standard InChI is InChI=1S/C21H29N7OS.HI/c1-16-6-7-18(30-16)17(27-11-13-29-14-12-27)15-24-21(22-2)23-9-8-20-26-25-19-5-3-4-10-28(19)20;/h3-7,10,17H,8-9,11-15H2,1-2H3,(H2,22,23,24);1H. The molecule has 0 bridgehead atoms. The lowest BCUT2D eigenvalue weighted by Crippen LogP contribution is -2.46. The molecule has 1 fully saturated rings. The third-order valence-corrected chi connectivity index (χ3v) is 6.39. The zero-order valence-electron chi connectivity index (χ0n) is 18.0. The molecular formula is C21H30IN7OS. The van der Waals surface area contributed by atoms with Crippen LogP contribution in [0.25, 0.3) is 5.65 Å². The first kappa shape index (κ1) is 23.9. The normalized spacial score (nSPS) is 16.1. The van der Waals surface area contributed by atoms with Crippen LogP contribution in [0, 0.1) is 6.92 Å². The van der Waals surface area contributed by atoms with Crippen molar-refractivity contribution < 1.29 is 4.74 Å². The van der Waals surface area contributed by atoms with E-state index in [4.69, 9.17) is 4.74 Å². The van der Waals surface area contributed by atoms with Crippen LogP contribution in [0.4, 0.5) is 0 Å². The highest BCUT2D eigenvalue weighted by molar-refractivity contribution is 14.0. The molecule has 8 nitrogen and oxygen atoms in total. The van der Waals surface area contributed by atoms with Gasteiger partial charge >= 0.3 is 0 Å². The molecule has 10 heteroatoms. The Morgan fingerprint density at radius 1 is 1.19 bits per heavy atom. The Labute approximate surface area is 204 Å². The number of nitrogens with one attached hydrogen (secondary N) is 2. The van der Waals surface area contributed by atoms with E-state index in [1.54, 1.807) is 7.05 Å². The van der Waals surface area contributed by atoms with Gasteiger partial charge in [0.1, 0.15) is 5.82 Å². The minimum atomic E-state index is 0. The molecule has 1 aliphatic rings. The Bertz CT molecular complexity index is 983. The smallest absolute Gasteiger partial charge is 0.191 e. The van der Waals surface area contributed by atoms with E-state index in [1.165, 1.54) is 9.75 Å². The molecule has 1 atom stereocenters. The van der Waals surface area contributed by atoms with E-state index in [9.17, 15) is 0 Å². The van der Waals surface area contributed by atoms with Crippen molar-refractivity contribution in [2.75, 3.05) is 46.4 Å². The molecular weight excluding hydrogens is 525 g/mol. The average Bonchev–Trinajstić information content (AvgIpc) is 3.40. The summed E-state index contributed by atoms with van der Waals surface area (Å²) in [7, 11) is 1.81. The average molecular weight is 555 g/mol. The highest BCUT2D eigenvalue weighted by Gasteiger charge is 2.24. The number of rotatable bonds is 7. The number of ether oxygens (including phenoxy) is 1. The van der Waals surface area contributed by atoms with Gasteiger partial charge in [-0.15, -0.1) is 45.5 Å². The van der Waals surface area contributed by atoms with Gasteiger partial charge in [-0.05, 0) is 31.2 Å². The van der Waals surface area contributed by atoms with Crippen LogP contribution in [0.2, 0.25) is 0 Å². The number of aryl methyl sites for hydroxylation is 1. The molecule has 4 heterocycles. The first-order chi connectivity index (χ1) is 14.7. The number of fused-ring (bicyclic) bond motifs is 1. The van der Waals surface area contributed by atoms with Crippen molar-refractivity contribution in [2.24, 2.45) is 4.99 Å². The van der Waals surface area contributed by atoms with Gasteiger partial charge < -0.3 is 15.4 Å². The van der Waals surface area contributed by atoms with E-state index in [2.05, 4.69) is 49.8 Å². The Hall–Kier alpha value is -1.76. The number of hydrogen-bond donors (Lipinski definition) is 2. The van der Waals surface area contributed by atoms with E-state index in [0.29, 0.717) is 6.04 Å². The summed E-state index contributed by atoms with van der Waals surface area (Å²) in [6.07, 6.45) is 2.76. The van der Waals surface area contributed by atoms with Gasteiger partial charge in [-0.2, -0.15) is 0 Å². The first-order valence-corrected chi connectivity index (χ1v) is 11.2. The van der Waals surface area contributed by atoms with Crippen LogP contribution in [0.3, 0.4) is 0 Å². The molecule has 0 saturated carbocycles. The van der Waals surface area contributed by atoms with Crippen LogP contribution in [0.1, 0.15) is 21.6 Å². The van der Waals surface area contributed by atoms with E-state index >= 15 is 0 Å². The highest BCUT2D eigenvalue weighted by Crippen LogP contribution is 2.27. The molecule has 4 rings (SSSR count). The summed E-state index contributed by atoms with van der Waals surface area (Å²) in [5, 5.41) is 15.4. The Morgan fingerprint density at radius 3 is 2.77 bits per heavy atom. The van der Waals surface area contributed by atoms with Crippen molar-refractivity contribution in [2.45, 2.75) is 19.4 Å². The number of nitrogens with zero attached hydrogens (tertiary/aromatic N) is 5. The van der Waals surface area contributed by atoms with E-state index in [1.807, 2.05) is 40.1 Å². The molecule has 1 unspecified atom stereocenters. The second-order valence-electron chi connectivity index (χ2n) is 7.29. The molecule has 0 aliphatic carbocycles. The fourth-order valence-electron chi connectivity index (χ4n) is 3.70. The van der Waals surface area contributed by atoms with Crippen LogP contribution >= 0.6 is 35.3 Å². The fraction of sp³-hybridized carbons (Fsp3) is 0.476. The minimum Gasteiger partial charge on any atom is -0.379 e. The molecule has 168 valence electrons. The summed E-state index contributed by atoms with van der Waals surface area (Å²) in [6.45, 7) is 7.18. The summed E-state index contributed by atoms with van der Waals surface area (Å²) >= 11 is 1.87. The van der Waals surface area contributed by atoms with E-state index in [0.717, 1.165) is 63.2 Å². The van der Waals surface area contributed by atoms with Gasteiger partial charge in [0.15, 0.2) is 11.6 Å². The van der Waals surface area contributed by atoms with Crippen molar-refractivity contribution >= 4 is 46.9 Å². The van der Waals surface area contributed by atoms with E-state index in [-0.39, 0.29) is 24.0 Å². The summed E-state index contributed by atoms with van der Waals surface area (Å²) in [4.78, 5) is 9.62. The van der Waals surface area contributed by atoms with Crippen molar-refractivity contribution in [3.63, 3.8) is 0 Å². The van der Waals surface area contributed by atoms with Gasteiger partial charge in [-0.3, -0.25) is 14.3 Å². The molecule has 31 heavy (non-hydrogen) atoms. The summed E-state index contributed by atoms with van der Waals surface area (Å²) in [5.41, 5.74) is 0.870. The third-order valence-electron chi connectivity index (χ3n) is 5.29. The predicted molar refractivity (Wildman–Crippen MR) is 136 cm³/mol. The quantitative estimate of drug-likeness (QED) is 0.265. The lowest BCUT2D eigenvalue weighted by molar-refractivity contribution is 0.0177. The van der Waals surface area contributed by atoms with Gasteiger partial charge in [0, 0.05) is 55.6 Å². The molecule has 3 aromatic heterocycles. The SMILES string of the molecule is CN=C(NCCc1nnc2ccccn12)NCC(c1ccc(C)s1)N1CCOCC1.I. The third kappa shape index (κ3) is 6.15. The molecule has 0 aromatic carbocycles. The van der Waals surface area contributed by atoms with Crippen LogP contribution in [-0.2, 0) is 11.2 Å². The molecule has 2 N–H and O–H groups in total. The Balaban J connectivity index is 0.00000272. The maximum absolute atomic E-state index is 5.55. The molecule has 1 saturated heterocycles. The zero-order chi connectivity index (χ0) is 20.8. The predicted octanol–water partition coefficient (Wildman–Crippen LogP) is 2.50. The van der Waals surface area contributed by atoms with Crippen molar-refractivity contribution in [3.05, 3.63) is 52.1 Å². The number of pyridine rings is 1. The van der Waals surface area contributed by atoms with Crippen LogP contribution in [0.5, 0.6) is 0 Å². The fourth-order valence-corrected chi connectivity index (χ4v) is 4.71. The van der Waals surface area contributed by atoms with Gasteiger partial charge in [0.25, 0.3) is 0 Å². The molecule has 0 amide bonds. The van der Waals surface area contributed by atoms with Gasteiger partial charge in [0.2, 0.25) is 0 Å². The number of aromatic nitrogens is 3. The number of thiophene rings is 1. The monoisotopic (exact) mass is 555 g/mol. The number of morpholine rings is 1. The molecule has 1 aliphatic heterocycles. The van der Waals surface area contributed by atoms with Gasteiger partial charge in [-0.1, -0.05) is 6.07 Å². The Morgan fingerprint density at radius 2 is 2.03 bits per heavy atom. The maximum Gasteiger partial charge on any atom is 0.191 e. The number of halogens is 1. The first-order valence-electron chi connectivity index (χ1n) is 10.4. The number of guanidine groups is 1. The number of hydrogen-bond acceptors (Lipinski definition) is 6. The highest BCUT2D eigenvalue weighted by atomic mass is 127. The Kier molecular flexibility index (Phi) is 9.05. The summed E-state index contributed by atoms with van der Waals surface area (Å²) in [5.74, 6) is 1.74. The van der Waals surface area contributed by atoms with Crippen LogP contribution in [-0.4, -0.2) is 71.9 Å². The second-order valence-corrected chi connectivity index (χ2v) is 8.61. The van der Waals surface area contributed by atoms with Crippen LogP contribution in [0.15, 0.2) is 41.5 Å². The van der Waals surface area contributed by atoms with Gasteiger partial charge in [-0.25, -0.2) is 0 Å². The lowest BCUT2D eigenvalue weighted by atomic mass is 10.2. The molecule has 3 aromatic rings. The topological polar surface area (TPSA) is 79.1 Å². The van der Waals surface area contributed by atoms with E-state index < -0.39 is 0 Å². The van der Waals surface area contributed by atoms with Gasteiger partial charge in [0.05, 0.1) is 19.3 Å². The number of aliphatic imine (C=N–C) groups is 1. The van der Waals surface area contributed by atoms with Crippen molar-refractivity contribution in [3.8, 4) is 0 Å². The largest absolute Gasteiger partial charge is 0.379 e. The summed E-state index contributed by atoms with van der Waals surface area (Å²) in [6, 6.07) is 10.7. The zero-order valence-corrected chi connectivity index (χ0v) is 21.1. The van der Waals surface area contributed by atoms with Crippen molar-refractivity contribution in [1.82, 2.24) is 30.1 Å². The lowest BCUT2D eigenvalue weighted by Gasteiger charge is -2.34. The second kappa shape index (κ2) is 11.7. The molecule has 0 radical (unpaired) electrons. The maximum atomic E-state index is 5.55. The molecule has 0 spiro atoms. The van der Waals surface area contributed by atoms with Crippen LogP contribution < -0.4 is 10.6 Å². The summed E-state index contributed by atoms with van der Waals surface area (Å²) < 4.78 is 7.57.